The first-order chi connectivity index (χ1) is 8.11. The van der Waals surface area contributed by atoms with Gasteiger partial charge in [-0.15, -0.1) is 0 Å². The van der Waals surface area contributed by atoms with E-state index in [2.05, 4.69) is 33.4 Å². The van der Waals surface area contributed by atoms with E-state index in [-0.39, 0.29) is 0 Å². The Bertz CT molecular complexity index is 553. The molecule has 0 amide bonds. The smallest absolute Gasteiger partial charge is 0.222 e. The summed E-state index contributed by atoms with van der Waals surface area (Å²) >= 11 is 0. The molecule has 5 heteroatoms. The van der Waals surface area contributed by atoms with Crippen molar-refractivity contribution in [2.45, 2.75) is 33.2 Å². The quantitative estimate of drug-likeness (QED) is 0.875. The maximum Gasteiger partial charge on any atom is 0.222 e. The van der Waals surface area contributed by atoms with Gasteiger partial charge in [0.15, 0.2) is 5.65 Å². The maximum absolute atomic E-state index is 5.63. The van der Waals surface area contributed by atoms with Crippen LogP contribution in [-0.4, -0.2) is 19.5 Å². The topological polar surface area (TPSA) is 69.6 Å². The summed E-state index contributed by atoms with van der Waals surface area (Å²) in [4.78, 5) is 12.5. The molecule has 1 aliphatic rings. The second kappa shape index (κ2) is 3.42. The van der Waals surface area contributed by atoms with Gasteiger partial charge < -0.3 is 10.3 Å². The van der Waals surface area contributed by atoms with Crippen molar-refractivity contribution in [2.75, 3.05) is 5.73 Å². The van der Waals surface area contributed by atoms with Crippen LogP contribution < -0.4 is 5.73 Å². The minimum atomic E-state index is 0.314. The summed E-state index contributed by atoms with van der Waals surface area (Å²) in [7, 11) is 0. The fraction of sp³-hybridized carbons (Fsp3) is 0.583. The summed E-state index contributed by atoms with van der Waals surface area (Å²) in [6, 6.07) is 0. The predicted molar refractivity (Wildman–Crippen MR) is 66.2 cm³/mol. The van der Waals surface area contributed by atoms with Crippen LogP contribution in [0.1, 0.15) is 26.7 Å². The summed E-state index contributed by atoms with van der Waals surface area (Å²) in [6.07, 6.45) is 6.13. The van der Waals surface area contributed by atoms with Gasteiger partial charge in [-0.25, -0.2) is 9.97 Å². The van der Waals surface area contributed by atoms with Crippen LogP contribution in [0.25, 0.3) is 11.2 Å². The summed E-state index contributed by atoms with van der Waals surface area (Å²) in [6.45, 7) is 5.56. The number of fused-ring (bicyclic) bond motifs is 1. The Morgan fingerprint density at radius 1 is 1.41 bits per heavy atom. The highest BCUT2D eigenvalue weighted by Crippen LogP contribution is 2.53. The molecular weight excluding hydrogens is 214 g/mol. The summed E-state index contributed by atoms with van der Waals surface area (Å²) in [5.74, 6) is 1.01. The minimum Gasteiger partial charge on any atom is -0.368 e. The van der Waals surface area contributed by atoms with Crippen molar-refractivity contribution in [3.05, 3.63) is 12.5 Å². The molecule has 1 aliphatic carbocycles. The van der Waals surface area contributed by atoms with Crippen molar-refractivity contribution in [1.29, 1.82) is 0 Å². The van der Waals surface area contributed by atoms with Gasteiger partial charge >= 0.3 is 0 Å². The zero-order valence-electron chi connectivity index (χ0n) is 10.2. The van der Waals surface area contributed by atoms with Crippen LogP contribution >= 0.6 is 0 Å². The fourth-order valence-electron chi connectivity index (χ4n) is 2.40. The van der Waals surface area contributed by atoms with E-state index >= 15 is 0 Å². The number of aromatic nitrogens is 4. The largest absolute Gasteiger partial charge is 0.368 e. The molecule has 17 heavy (non-hydrogen) atoms. The van der Waals surface area contributed by atoms with Crippen molar-refractivity contribution in [3.8, 4) is 0 Å². The molecule has 90 valence electrons. The van der Waals surface area contributed by atoms with E-state index in [0.717, 1.165) is 17.7 Å². The molecule has 0 saturated heterocycles. The Kier molecular flexibility index (Phi) is 2.11. The molecule has 1 fully saturated rings. The van der Waals surface area contributed by atoms with Crippen molar-refractivity contribution in [3.63, 3.8) is 0 Å². The van der Waals surface area contributed by atoms with Crippen molar-refractivity contribution in [2.24, 2.45) is 11.3 Å². The normalized spacial score (nSPS) is 17.8. The first-order valence-corrected chi connectivity index (χ1v) is 6.04. The van der Waals surface area contributed by atoms with Gasteiger partial charge in [-0.1, -0.05) is 13.8 Å². The molecule has 0 unspecified atom stereocenters. The zero-order valence-corrected chi connectivity index (χ0v) is 10.2. The molecule has 2 N–H and O–H groups in total. The average molecular weight is 231 g/mol. The van der Waals surface area contributed by atoms with Crippen molar-refractivity contribution < 1.29 is 0 Å². The second-order valence-electron chi connectivity index (χ2n) is 5.33. The van der Waals surface area contributed by atoms with E-state index in [4.69, 9.17) is 5.73 Å². The zero-order chi connectivity index (χ0) is 12.0. The Balaban J connectivity index is 1.98. The third-order valence-electron chi connectivity index (χ3n) is 3.98. The lowest BCUT2D eigenvalue weighted by atomic mass is 9.92. The number of rotatable bonds is 3. The summed E-state index contributed by atoms with van der Waals surface area (Å²) in [5.41, 5.74) is 7.74. The number of hydrogen-bond acceptors (Lipinski definition) is 4. The molecule has 0 atom stereocenters. The van der Waals surface area contributed by atoms with Crippen molar-refractivity contribution >= 4 is 17.1 Å². The molecular formula is C12H17N5. The molecule has 0 spiro atoms. The van der Waals surface area contributed by atoms with Gasteiger partial charge in [0.2, 0.25) is 5.95 Å². The lowest BCUT2D eigenvalue weighted by molar-refractivity contribution is 0.311. The highest BCUT2D eigenvalue weighted by atomic mass is 15.1. The highest BCUT2D eigenvalue weighted by molar-refractivity contribution is 5.70. The monoisotopic (exact) mass is 231 g/mol. The number of imidazole rings is 1. The number of nitrogen functional groups attached to an aromatic ring is 1. The van der Waals surface area contributed by atoms with Crippen LogP contribution in [0.15, 0.2) is 12.5 Å². The van der Waals surface area contributed by atoms with Crippen LogP contribution in [-0.2, 0) is 6.54 Å². The van der Waals surface area contributed by atoms with Gasteiger partial charge in [0.1, 0.15) is 5.52 Å². The highest BCUT2D eigenvalue weighted by Gasteiger charge is 2.45. The van der Waals surface area contributed by atoms with E-state index in [9.17, 15) is 0 Å². The fourth-order valence-corrected chi connectivity index (χ4v) is 2.40. The van der Waals surface area contributed by atoms with Crippen LogP contribution in [0, 0.1) is 11.3 Å². The maximum atomic E-state index is 5.63. The van der Waals surface area contributed by atoms with Gasteiger partial charge in [0.05, 0.1) is 12.5 Å². The van der Waals surface area contributed by atoms with E-state index < -0.39 is 0 Å². The second-order valence-corrected chi connectivity index (χ2v) is 5.33. The van der Waals surface area contributed by atoms with Crippen LogP contribution in [0.3, 0.4) is 0 Å². The molecule has 2 aromatic heterocycles. The van der Waals surface area contributed by atoms with Gasteiger partial charge in [0.25, 0.3) is 0 Å². The molecule has 0 aliphatic heterocycles. The first kappa shape index (κ1) is 10.5. The summed E-state index contributed by atoms with van der Waals surface area (Å²) in [5, 5.41) is 0. The summed E-state index contributed by atoms with van der Waals surface area (Å²) < 4.78 is 2.11. The van der Waals surface area contributed by atoms with Gasteiger partial charge in [-0.2, -0.15) is 4.98 Å². The van der Waals surface area contributed by atoms with Gasteiger partial charge in [-0.05, 0) is 24.2 Å². The first-order valence-electron chi connectivity index (χ1n) is 6.04. The van der Waals surface area contributed by atoms with Gasteiger partial charge in [0, 0.05) is 6.54 Å². The van der Waals surface area contributed by atoms with E-state index in [0.29, 0.717) is 17.3 Å². The minimum absolute atomic E-state index is 0.314. The number of nitrogens with two attached hydrogens (primary N) is 1. The number of nitrogens with zero attached hydrogens (tertiary/aromatic N) is 4. The van der Waals surface area contributed by atoms with Crippen LogP contribution in [0.5, 0.6) is 0 Å². The lowest BCUT2D eigenvalue weighted by Crippen LogP contribution is -2.17. The molecule has 2 heterocycles. The van der Waals surface area contributed by atoms with Crippen LogP contribution in [0.4, 0.5) is 5.95 Å². The molecule has 0 bridgehead atoms. The van der Waals surface area contributed by atoms with E-state index in [1.807, 2.05) is 6.33 Å². The van der Waals surface area contributed by atoms with Crippen LogP contribution in [0.2, 0.25) is 0 Å². The average Bonchev–Trinajstić information content (AvgIpc) is 2.97. The Labute approximate surface area is 100 Å². The standard InChI is InChI=1S/C12H17N5/c1-8(2)12(3-4-12)6-17-7-15-9-5-14-11(13)16-10(9)17/h5,7-8H,3-4,6H2,1-2H3,(H2,13,14,16). The SMILES string of the molecule is CC(C)C1(Cn2cnc3cnc(N)nc32)CC1. The molecule has 0 aromatic carbocycles. The molecule has 1 saturated carbocycles. The Morgan fingerprint density at radius 2 is 2.18 bits per heavy atom. The van der Waals surface area contributed by atoms with Gasteiger partial charge in [-0.3, -0.25) is 0 Å². The number of anilines is 1. The molecule has 5 nitrogen and oxygen atoms in total. The molecule has 3 rings (SSSR count). The van der Waals surface area contributed by atoms with E-state index in [1.54, 1.807) is 6.20 Å². The molecule has 2 aromatic rings. The lowest BCUT2D eigenvalue weighted by Gasteiger charge is -2.20. The van der Waals surface area contributed by atoms with E-state index in [1.165, 1.54) is 12.8 Å². The number of hydrogen-bond donors (Lipinski definition) is 1. The predicted octanol–water partition coefficient (Wildman–Crippen LogP) is 1.84. The Hall–Kier alpha value is -1.65. The van der Waals surface area contributed by atoms with Crippen molar-refractivity contribution in [1.82, 2.24) is 19.5 Å². The third kappa shape index (κ3) is 1.66. The third-order valence-corrected chi connectivity index (χ3v) is 3.98. The molecule has 0 radical (unpaired) electrons. The Morgan fingerprint density at radius 3 is 2.82 bits per heavy atom.